The first-order valence-electron chi connectivity index (χ1n) is 9.17. The molecule has 5 heteroatoms. The topological polar surface area (TPSA) is 55.4 Å². The highest BCUT2D eigenvalue weighted by Crippen LogP contribution is 2.39. The maximum atomic E-state index is 14.1. The Bertz CT molecular complexity index is 905. The summed E-state index contributed by atoms with van der Waals surface area (Å²) < 4.78 is 19.7. The highest BCUT2D eigenvalue weighted by molar-refractivity contribution is 6.04. The lowest BCUT2D eigenvalue weighted by molar-refractivity contribution is -0.118. The number of ether oxygens (including phenoxy) is 1. The van der Waals surface area contributed by atoms with Crippen molar-refractivity contribution in [1.29, 1.82) is 0 Å². The molecule has 27 heavy (non-hydrogen) atoms. The molecule has 0 saturated heterocycles. The summed E-state index contributed by atoms with van der Waals surface area (Å²) in [5, 5.41) is 2.91. The largest absolute Gasteiger partial charge is 0.483 e. The number of amides is 1. The number of aryl methyl sites for hydroxylation is 1. The number of carbonyl (C=O) groups is 2. The summed E-state index contributed by atoms with van der Waals surface area (Å²) in [4.78, 5) is 24.6. The zero-order chi connectivity index (χ0) is 19.7. The van der Waals surface area contributed by atoms with Gasteiger partial charge in [0.2, 0.25) is 0 Å². The second kappa shape index (κ2) is 7.51. The van der Waals surface area contributed by atoms with Gasteiger partial charge >= 0.3 is 0 Å². The van der Waals surface area contributed by atoms with Crippen molar-refractivity contribution >= 4 is 17.4 Å². The Morgan fingerprint density at radius 1 is 1.30 bits per heavy atom. The Morgan fingerprint density at radius 2 is 2.04 bits per heavy atom. The molecule has 0 spiro atoms. The molecule has 4 nitrogen and oxygen atoms in total. The standard InChI is InChI=1S/C22H24FNO3/c1-12(2)15-7-5-6-13(3)22(15)24-19(26)11-27-18-9-8-16(23)20-14(4)10-17(25)21(18)20/h5-9,12,14H,10-11H2,1-4H3,(H,24,26)/t14-/m0/s1. The average molecular weight is 369 g/mol. The van der Waals surface area contributed by atoms with E-state index in [9.17, 15) is 14.0 Å². The highest BCUT2D eigenvalue weighted by atomic mass is 19.1. The molecule has 1 aliphatic rings. The molecule has 1 N–H and O–H groups in total. The van der Waals surface area contributed by atoms with Crippen molar-refractivity contribution in [2.24, 2.45) is 0 Å². The van der Waals surface area contributed by atoms with E-state index in [0.29, 0.717) is 5.56 Å². The molecule has 0 aliphatic heterocycles. The van der Waals surface area contributed by atoms with Crippen LogP contribution in [0.25, 0.3) is 0 Å². The second-order valence-electron chi connectivity index (χ2n) is 7.39. The summed E-state index contributed by atoms with van der Waals surface area (Å²) in [6.07, 6.45) is 0.264. The number of ketones is 1. The van der Waals surface area contributed by atoms with Crippen molar-refractivity contribution in [2.45, 2.75) is 46.0 Å². The molecule has 2 aromatic carbocycles. The molecule has 3 rings (SSSR count). The smallest absolute Gasteiger partial charge is 0.262 e. The van der Waals surface area contributed by atoms with Gasteiger partial charge in [0, 0.05) is 17.7 Å². The first-order chi connectivity index (χ1) is 12.8. The maximum Gasteiger partial charge on any atom is 0.262 e. The predicted octanol–water partition coefficient (Wildman–Crippen LogP) is 4.96. The lowest BCUT2D eigenvalue weighted by atomic mass is 9.98. The van der Waals surface area contributed by atoms with Gasteiger partial charge in [-0.2, -0.15) is 0 Å². The van der Waals surface area contributed by atoms with E-state index >= 15 is 0 Å². The van der Waals surface area contributed by atoms with E-state index in [2.05, 4.69) is 19.2 Å². The number of rotatable bonds is 5. The van der Waals surface area contributed by atoms with Crippen LogP contribution < -0.4 is 10.1 Å². The molecular weight excluding hydrogens is 345 g/mol. The number of para-hydroxylation sites is 1. The minimum atomic E-state index is -0.401. The summed E-state index contributed by atoms with van der Waals surface area (Å²) in [7, 11) is 0. The number of benzene rings is 2. The third-order valence-corrected chi connectivity index (χ3v) is 4.97. The van der Waals surface area contributed by atoms with Crippen LogP contribution in [0.4, 0.5) is 10.1 Å². The Kier molecular flexibility index (Phi) is 5.31. The van der Waals surface area contributed by atoms with Gasteiger partial charge in [-0.05, 0) is 42.0 Å². The molecule has 1 amide bonds. The van der Waals surface area contributed by atoms with Crippen LogP contribution in [-0.4, -0.2) is 18.3 Å². The zero-order valence-electron chi connectivity index (χ0n) is 16.1. The molecule has 142 valence electrons. The van der Waals surface area contributed by atoms with Crippen molar-refractivity contribution in [3.05, 3.63) is 58.4 Å². The van der Waals surface area contributed by atoms with Gasteiger partial charge in [-0.1, -0.05) is 39.0 Å². The molecule has 1 atom stereocenters. The average Bonchev–Trinajstić information content (AvgIpc) is 2.91. The Morgan fingerprint density at radius 3 is 2.74 bits per heavy atom. The Labute approximate surface area is 158 Å². The van der Waals surface area contributed by atoms with Gasteiger partial charge in [0.05, 0.1) is 5.56 Å². The van der Waals surface area contributed by atoms with Crippen molar-refractivity contribution in [3.8, 4) is 5.75 Å². The number of hydrogen-bond acceptors (Lipinski definition) is 3. The van der Waals surface area contributed by atoms with E-state index in [0.717, 1.165) is 16.8 Å². The van der Waals surface area contributed by atoms with Crippen LogP contribution in [-0.2, 0) is 4.79 Å². The van der Waals surface area contributed by atoms with E-state index in [1.54, 1.807) is 0 Å². The van der Waals surface area contributed by atoms with Gasteiger partial charge < -0.3 is 10.1 Å². The number of fused-ring (bicyclic) bond motifs is 1. The highest BCUT2D eigenvalue weighted by Gasteiger charge is 2.32. The quantitative estimate of drug-likeness (QED) is 0.810. The van der Waals surface area contributed by atoms with Crippen LogP contribution in [0.3, 0.4) is 0 Å². The summed E-state index contributed by atoms with van der Waals surface area (Å²) >= 11 is 0. The SMILES string of the molecule is Cc1cccc(C(C)C)c1NC(=O)COc1ccc(F)c2c1C(=O)C[C@@H]2C. The molecule has 0 heterocycles. The minimum Gasteiger partial charge on any atom is -0.483 e. The van der Waals surface area contributed by atoms with Gasteiger partial charge in [-0.3, -0.25) is 9.59 Å². The molecule has 0 fully saturated rings. The Balaban J connectivity index is 1.76. The minimum absolute atomic E-state index is 0.145. The number of anilines is 1. The van der Waals surface area contributed by atoms with Crippen molar-refractivity contribution in [1.82, 2.24) is 0 Å². The molecule has 0 aromatic heterocycles. The summed E-state index contributed by atoms with van der Waals surface area (Å²) in [6, 6.07) is 8.60. The van der Waals surface area contributed by atoms with Crippen LogP contribution >= 0.6 is 0 Å². The van der Waals surface area contributed by atoms with Gasteiger partial charge in [0.25, 0.3) is 5.91 Å². The third kappa shape index (κ3) is 3.72. The number of carbonyl (C=O) groups excluding carboxylic acids is 2. The van der Waals surface area contributed by atoms with Crippen molar-refractivity contribution in [3.63, 3.8) is 0 Å². The fourth-order valence-corrected chi connectivity index (χ4v) is 3.61. The van der Waals surface area contributed by atoms with Gasteiger partial charge in [0.15, 0.2) is 12.4 Å². The lowest BCUT2D eigenvalue weighted by Gasteiger charge is -2.17. The monoisotopic (exact) mass is 369 g/mol. The molecule has 0 unspecified atom stereocenters. The number of Topliss-reactive ketones (excluding diaryl/α,β-unsaturated/α-hetero) is 1. The predicted molar refractivity (Wildman–Crippen MR) is 103 cm³/mol. The van der Waals surface area contributed by atoms with Crippen molar-refractivity contribution < 1.29 is 18.7 Å². The van der Waals surface area contributed by atoms with E-state index in [4.69, 9.17) is 4.74 Å². The summed E-state index contributed by atoms with van der Waals surface area (Å²) in [5.41, 5.74) is 3.47. The third-order valence-electron chi connectivity index (χ3n) is 4.97. The number of nitrogens with one attached hydrogen (secondary N) is 1. The molecule has 0 radical (unpaired) electrons. The summed E-state index contributed by atoms with van der Waals surface area (Å²) in [6.45, 7) is 7.64. The van der Waals surface area contributed by atoms with Gasteiger partial charge in [0.1, 0.15) is 11.6 Å². The van der Waals surface area contributed by atoms with Crippen LogP contribution in [0.1, 0.15) is 66.1 Å². The van der Waals surface area contributed by atoms with E-state index < -0.39 is 5.82 Å². The van der Waals surface area contributed by atoms with Crippen LogP contribution in [0, 0.1) is 12.7 Å². The molecular formula is C22H24FNO3. The first kappa shape index (κ1) is 19.1. The Hall–Kier alpha value is -2.69. The zero-order valence-corrected chi connectivity index (χ0v) is 16.1. The van der Waals surface area contributed by atoms with Gasteiger partial charge in [-0.25, -0.2) is 4.39 Å². The van der Waals surface area contributed by atoms with Crippen LogP contribution in [0.2, 0.25) is 0 Å². The van der Waals surface area contributed by atoms with E-state index in [-0.39, 0.29) is 47.9 Å². The van der Waals surface area contributed by atoms with E-state index in [1.165, 1.54) is 12.1 Å². The number of hydrogen-bond donors (Lipinski definition) is 1. The van der Waals surface area contributed by atoms with Gasteiger partial charge in [-0.15, -0.1) is 0 Å². The molecule has 2 aromatic rings. The van der Waals surface area contributed by atoms with E-state index in [1.807, 2.05) is 32.0 Å². The van der Waals surface area contributed by atoms with Crippen molar-refractivity contribution in [2.75, 3.05) is 11.9 Å². The van der Waals surface area contributed by atoms with Crippen LogP contribution in [0.5, 0.6) is 5.75 Å². The molecule has 1 aliphatic carbocycles. The number of halogens is 1. The fraction of sp³-hybridized carbons (Fsp3) is 0.364. The van der Waals surface area contributed by atoms with Crippen LogP contribution in [0.15, 0.2) is 30.3 Å². The molecule has 0 bridgehead atoms. The molecule has 0 saturated carbocycles. The summed E-state index contributed by atoms with van der Waals surface area (Å²) in [5.74, 6) is -0.506. The second-order valence-corrected chi connectivity index (χ2v) is 7.39. The lowest BCUT2D eigenvalue weighted by Crippen LogP contribution is -2.22. The normalized spacial score (nSPS) is 15.8. The fourth-order valence-electron chi connectivity index (χ4n) is 3.61. The first-order valence-corrected chi connectivity index (χ1v) is 9.17. The maximum absolute atomic E-state index is 14.1.